The Labute approximate surface area is 129 Å². The molecule has 0 aromatic carbocycles. The van der Waals surface area contributed by atoms with Crippen LogP contribution in [0.5, 0.6) is 0 Å². The first-order chi connectivity index (χ1) is 9.86. The number of unbranched alkanes of at least 4 members (excludes halogenated alkanes) is 8. The number of hydrogen-bond donors (Lipinski definition) is 0. The van der Waals surface area contributed by atoms with E-state index in [0.717, 1.165) is 11.8 Å². The van der Waals surface area contributed by atoms with E-state index in [2.05, 4.69) is 20.3 Å². The molecule has 1 radical (unpaired) electrons. The van der Waals surface area contributed by atoms with Crippen molar-refractivity contribution in [1.29, 1.82) is 0 Å². The number of rotatable bonds is 12. The highest BCUT2D eigenvalue weighted by Gasteiger charge is 2.21. The van der Waals surface area contributed by atoms with Crippen molar-refractivity contribution in [2.24, 2.45) is 11.8 Å². The van der Waals surface area contributed by atoms with Gasteiger partial charge in [0, 0.05) is 0 Å². The van der Waals surface area contributed by atoms with Crippen molar-refractivity contribution >= 4 is 0 Å². The van der Waals surface area contributed by atoms with Gasteiger partial charge in [-0.15, -0.1) is 0 Å². The molecule has 0 spiro atoms. The first-order valence-electron chi connectivity index (χ1n) is 9.68. The molecule has 0 aromatic heterocycles. The lowest BCUT2D eigenvalue weighted by Gasteiger charge is -2.29. The fraction of sp³-hybridized carbons (Fsp3) is 0.950. The van der Waals surface area contributed by atoms with Crippen molar-refractivity contribution in [3.63, 3.8) is 0 Å². The molecule has 0 heterocycles. The Bertz CT molecular complexity index is 176. The predicted octanol–water partition coefficient (Wildman–Crippen LogP) is 7.33. The van der Waals surface area contributed by atoms with Crippen LogP contribution in [-0.4, -0.2) is 0 Å². The van der Waals surface area contributed by atoms with E-state index >= 15 is 0 Å². The molecule has 20 heavy (non-hydrogen) atoms. The maximum Gasteiger partial charge on any atom is -0.0380 e. The zero-order valence-electron chi connectivity index (χ0n) is 14.3. The second-order valence-electron chi connectivity index (χ2n) is 7.13. The standard InChI is InChI=1S/C20H39/c1-3-5-7-9-11-14-19-16-13-17-20(18-19)15-12-10-8-6-4-2/h13,19-20H,3-12,14-18H2,1-2H3. The molecule has 0 heteroatoms. The predicted molar refractivity (Wildman–Crippen MR) is 91.9 cm³/mol. The van der Waals surface area contributed by atoms with Crippen LogP contribution in [0.4, 0.5) is 0 Å². The number of hydrogen-bond acceptors (Lipinski definition) is 0. The van der Waals surface area contributed by atoms with Gasteiger partial charge in [0.15, 0.2) is 0 Å². The molecule has 1 aliphatic rings. The van der Waals surface area contributed by atoms with Gasteiger partial charge in [-0.3, -0.25) is 0 Å². The summed E-state index contributed by atoms with van der Waals surface area (Å²) in [5.74, 6) is 2.07. The molecule has 2 atom stereocenters. The van der Waals surface area contributed by atoms with Gasteiger partial charge in [0.25, 0.3) is 0 Å². The summed E-state index contributed by atoms with van der Waals surface area (Å²) in [6.45, 7) is 4.61. The largest absolute Gasteiger partial charge is 0.0654 e. The monoisotopic (exact) mass is 279 g/mol. The van der Waals surface area contributed by atoms with Gasteiger partial charge < -0.3 is 0 Å². The molecule has 2 unspecified atom stereocenters. The minimum atomic E-state index is 1.03. The molecule has 1 fully saturated rings. The van der Waals surface area contributed by atoms with E-state index in [-0.39, 0.29) is 0 Å². The third-order valence-electron chi connectivity index (χ3n) is 5.10. The Morgan fingerprint density at radius 3 is 1.55 bits per heavy atom. The fourth-order valence-electron chi connectivity index (χ4n) is 3.78. The van der Waals surface area contributed by atoms with Crippen molar-refractivity contribution in [2.45, 2.75) is 110 Å². The zero-order chi connectivity index (χ0) is 14.5. The summed E-state index contributed by atoms with van der Waals surface area (Å²) in [5.41, 5.74) is 0. The van der Waals surface area contributed by atoms with Crippen molar-refractivity contribution < 1.29 is 0 Å². The third-order valence-corrected chi connectivity index (χ3v) is 5.10. The molecule has 119 valence electrons. The quantitative estimate of drug-likeness (QED) is 0.328. The molecule has 1 rings (SSSR count). The normalized spacial score (nSPS) is 23.1. The maximum absolute atomic E-state index is 2.61. The summed E-state index contributed by atoms with van der Waals surface area (Å²) in [6.07, 6.45) is 24.5. The summed E-state index contributed by atoms with van der Waals surface area (Å²) in [7, 11) is 0. The van der Waals surface area contributed by atoms with Crippen LogP contribution in [-0.2, 0) is 0 Å². The lowest BCUT2D eigenvalue weighted by molar-refractivity contribution is 0.274. The third kappa shape index (κ3) is 9.03. The van der Waals surface area contributed by atoms with Crippen LogP contribution in [0.1, 0.15) is 110 Å². The van der Waals surface area contributed by atoms with Crippen molar-refractivity contribution in [2.75, 3.05) is 0 Å². The van der Waals surface area contributed by atoms with Gasteiger partial charge in [0.2, 0.25) is 0 Å². The molecule has 0 bridgehead atoms. The highest BCUT2D eigenvalue weighted by molar-refractivity contribution is 4.83. The van der Waals surface area contributed by atoms with E-state index in [0.29, 0.717) is 0 Å². The van der Waals surface area contributed by atoms with Crippen LogP contribution in [0.15, 0.2) is 0 Å². The van der Waals surface area contributed by atoms with Crippen molar-refractivity contribution in [1.82, 2.24) is 0 Å². The van der Waals surface area contributed by atoms with Crippen LogP contribution < -0.4 is 0 Å². The second kappa shape index (κ2) is 12.7. The van der Waals surface area contributed by atoms with Crippen LogP contribution in [0, 0.1) is 18.3 Å². The van der Waals surface area contributed by atoms with Gasteiger partial charge in [0.1, 0.15) is 0 Å². The van der Waals surface area contributed by atoms with Crippen molar-refractivity contribution in [3.8, 4) is 0 Å². The Balaban J connectivity index is 2.00. The highest BCUT2D eigenvalue weighted by atomic mass is 14.3. The minimum absolute atomic E-state index is 1.03. The van der Waals surface area contributed by atoms with E-state index in [4.69, 9.17) is 0 Å². The topological polar surface area (TPSA) is 0 Å². The lowest BCUT2D eigenvalue weighted by Crippen LogP contribution is -2.16. The fourth-order valence-corrected chi connectivity index (χ4v) is 3.78. The highest BCUT2D eigenvalue weighted by Crippen LogP contribution is 2.34. The first kappa shape index (κ1) is 18.1. The molecule has 0 aromatic rings. The van der Waals surface area contributed by atoms with Gasteiger partial charge in [-0.1, -0.05) is 90.9 Å². The molecule has 0 nitrogen and oxygen atoms in total. The van der Waals surface area contributed by atoms with Gasteiger partial charge in [-0.05, 0) is 37.5 Å². The van der Waals surface area contributed by atoms with Crippen LogP contribution in [0.3, 0.4) is 0 Å². The SMILES string of the molecule is CCCCCCCC1C[CH]CC(CCCCCCC)C1. The average Bonchev–Trinajstić information content (AvgIpc) is 2.47. The van der Waals surface area contributed by atoms with E-state index in [1.165, 1.54) is 96.3 Å². The van der Waals surface area contributed by atoms with Crippen molar-refractivity contribution in [3.05, 3.63) is 6.42 Å². The molecule has 1 saturated carbocycles. The Morgan fingerprint density at radius 1 is 0.650 bits per heavy atom. The molecule has 0 aliphatic heterocycles. The molecular weight excluding hydrogens is 240 g/mol. The average molecular weight is 280 g/mol. The maximum atomic E-state index is 2.61. The summed E-state index contributed by atoms with van der Waals surface area (Å²) < 4.78 is 0. The molecule has 0 saturated heterocycles. The second-order valence-corrected chi connectivity index (χ2v) is 7.13. The van der Waals surface area contributed by atoms with E-state index in [1.54, 1.807) is 0 Å². The van der Waals surface area contributed by atoms with E-state index in [1.807, 2.05) is 0 Å². The minimum Gasteiger partial charge on any atom is -0.0654 e. The van der Waals surface area contributed by atoms with E-state index in [9.17, 15) is 0 Å². The summed E-state index contributed by atoms with van der Waals surface area (Å²) in [5, 5.41) is 0. The summed E-state index contributed by atoms with van der Waals surface area (Å²) in [6, 6.07) is 0. The Hall–Kier alpha value is 0. The van der Waals surface area contributed by atoms with Gasteiger partial charge in [-0.2, -0.15) is 0 Å². The van der Waals surface area contributed by atoms with Gasteiger partial charge >= 0.3 is 0 Å². The Kier molecular flexibility index (Phi) is 11.5. The summed E-state index contributed by atoms with van der Waals surface area (Å²) >= 11 is 0. The first-order valence-corrected chi connectivity index (χ1v) is 9.68. The zero-order valence-corrected chi connectivity index (χ0v) is 14.3. The van der Waals surface area contributed by atoms with Gasteiger partial charge in [0.05, 0.1) is 0 Å². The molecule has 0 N–H and O–H groups in total. The summed E-state index contributed by atoms with van der Waals surface area (Å²) in [4.78, 5) is 0. The lowest BCUT2D eigenvalue weighted by atomic mass is 9.77. The van der Waals surface area contributed by atoms with Crippen LogP contribution >= 0.6 is 0 Å². The molecule has 0 amide bonds. The molecule has 1 aliphatic carbocycles. The smallest absolute Gasteiger partial charge is 0.0380 e. The Morgan fingerprint density at radius 2 is 1.10 bits per heavy atom. The van der Waals surface area contributed by atoms with E-state index < -0.39 is 0 Å². The van der Waals surface area contributed by atoms with Gasteiger partial charge in [-0.25, -0.2) is 0 Å². The molecular formula is C20H39. The van der Waals surface area contributed by atoms with Crippen LogP contribution in [0.2, 0.25) is 0 Å². The van der Waals surface area contributed by atoms with Crippen LogP contribution in [0.25, 0.3) is 0 Å².